The van der Waals surface area contributed by atoms with Crippen molar-refractivity contribution in [3.63, 3.8) is 0 Å². The summed E-state index contributed by atoms with van der Waals surface area (Å²) in [4.78, 5) is 5.03. The molecule has 1 aromatic carbocycles. The SMILES string of the molecule is CNCCC1CN(C)CC(C)N1c1ccc(Br)cc1. The van der Waals surface area contributed by atoms with Crippen LogP contribution in [0, 0.1) is 0 Å². The molecule has 2 unspecified atom stereocenters. The molecule has 2 atom stereocenters. The predicted octanol–water partition coefficient (Wildman–Crippen LogP) is 2.57. The molecule has 2 rings (SSSR count). The van der Waals surface area contributed by atoms with Crippen LogP contribution >= 0.6 is 15.9 Å². The Bertz CT molecular complexity index is 393. The van der Waals surface area contributed by atoms with Crippen molar-refractivity contribution in [2.24, 2.45) is 0 Å². The average molecular weight is 326 g/mol. The van der Waals surface area contributed by atoms with Gasteiger partial charge in [-0.25, -0.2) is 0 Å². The third kappa shape index (κ3) is 3.71. The van der Waals surface area contributed by atoms with Gasteiger partial charge in [-0.15, -0.1) is 0 Å². The molecule has 4 heteroatoms. The molecule has 1 fully saturated rings. The minimum absolute atomic E-state index is 0.557. The standard InChI is InChI=1S/C15H24BrN3/c1-12-10-18(3)11-15(8-9-17-2)19(12)14-6-4-13(16)5-7-14/h4-7,12,15,17H,8-11H2,1-3H3. The molecule has 106 valence electrons. The Labute approximate surface area is 125 Å². The molecule has 0 saturated carbocycles. The minimum atomic E-state index is 0.557. The lowest BCUT2D eigenvalue weighted by Gasteiger charge is -2.46. The highest BCUT2D eigenvalue weighted by Gasteiger charge is 2.30. The second kappa shape index (κ2) is 6.73. The maximum Gasteiger partial charge on any atom is 0.0432 e. The summed E-state index contributed by atoms with van der Waals surface area (Å²) in [5.41, 5.74) is 1.34. The Morgan fingerprint density at radius 3 is 2.58 bits per heavy atom. The lowest BCUT2D eigenvalue weighted by molar-refractivity contribution is 0.226. The van der Waals surface area contributed by atoms with E-state index < -0.39 is 0 Å². The zero-order chi connectivity index (χ0) is 13.8. The molecule has 1 saturated heterocycles. The molecule has 3 nitrogen and oxygen atoms in total. The van der Waals surface area contributed by atoms with Gasteiger partial charge in [0.05, 0.1) is 0 Å². The quantitative estimate of drug-likeness (QED) is 0.917. The molecule has 19 heavy (non-hydrogen) atoms. The molecule has 0 aliphatic carbocycles. The van der Waals surface area contributed by atoms with Crippen LogP contribution in [0.3, 0.4) is 0 Å². The van der Waals surface area contributed by atoms with Crippen molar-refractivity contribution in [1.29, 1.82) is 0 Å². The van der Waals surface area contributed by atoms with Gasteiger partial charge in [-0.3, -0.25) is 0 Å². The number of hydrogen-bond acceptors (Lipinski definition) is 3. The van der Waals surface area contributed by atoms with Crippen LogP contribution in [0.2, 0.25) is 0 Å². The zero-order valence-electron chi connectivity index (χ0n) is 12.1. The fourth-order valence-electron chi connectivity index (χ4n) is 3.04. The van der Waals surface area contributed by atoms with Gasteiger partial charge in [-0.1, -0.05) is 15.9 Å². The van der Waals surface area contributed by atoms with E-state index in [4.69, 9.17) is 0 Å². The number of anilines is 1. The predicted molar refractivity (Wildman–Crippen MR) is 85.9 cm³/mol. The van der Waals surface area contributed by atoms with E-state index >= 15 is 0 Å². The van der Waals surface area contributed by atoms with Gasteiger partial charge >= 0.3 is 0 Å². The molecular formula is C15H24BrN3. The van der Waals surface area contributed by atoms with E-state index in [0.29, 0.717) is 12.1 Å². The van der Waals surface area contributed by atoms with Crippen LogP contribution in [0.5, 0.6) is 0 Å². The second-order valence-electron chi connectivity index (χ2n) is 5.50. The average Bonchev–Trinajstić information content (AvgIpc) is 2.37. The first-order valence-corrected chi connectivity index (χ1v) is 7.78. The van der Waals surface area contributed by atoms with E-state index in [9.17, 15) is 0 Å². The van der Waals surface area contributed by atoms with Crippen molar-refractivity contribution in [1.82, 2.24) is 10.2 Å². The lowest BCUT2D eigenvalue weighted by atomic mass is 10.0. The summed E-state index contributed by atoms with van der Waals surface area (Å²) >= 11 is 3.51. The van der Waals surface area contributed by atoms with E-state index in [1.54, 1.807) is 0 Å². The number of likely N-dealkylation sites (N-methyl/N-ethyl adjacent to an activating group) is 1. The van der Waals surface area contributed by atoms with Crippen LogP contribution in [0.25, 0.3) is 0 Å². The smallest absolute Gasteiger partial charge is 0.0432 e. The number of nitrogens with zero attached hydrogens (tertiary/aromatic N) is 2. The van der Waals surface area contributed by atoms with Gasteiger partial charge < -0.3 is 15.1 Å². The van der Waals surface area contributed by atoms with Gasteiger partial charge in [-0.05, 0) is 58.3 Å². The Morgan fingerprint density at radius 2 is 1.95 bits per heavy atom. The molecule has 0 aromatic heterocycles. The second-order valence-corrected chi connectivity index (χ2v) is 6.42. The molecule has 1 aliphatic heterocycles. The van der Waals surface area contributed by atoms with Crippen LogP contribution in [-0.4, -0.2) is 50.7 Å². The van der Waals surface area contributed by atoms with Gasteiger partial charge in [0.15, 0.2) is 0 Å². The van der Waals surface area contributed by atoms with Crippen molar-refractivity contribution in [2.45, 2.75) is 25.4 Å². The summed E-state index contributed by atoms with van der Waals surface area (Å²) in [6, 6.07) is 9.85. The van der Waals surface area contributed by atoms with E-state index in [1.165, 1.54) is 12.1 Å². The number of piperazine rings is 1. The van der Waals surface area contributed by atoms with Crippen LogP contribution in [0.4, 0.5) is 5.69 Å². The van der Waals surface area contributed by atoms with Crippen molar-refractivity contribution < 1.29 is 0 Å². The third-order valence-electron chi connectivity index (χ3n) is 3.82. The lowest BCUT2D eigenvalue weighted by Crippen LogP contribution is -2.57. The number of benzene rings is 1. The molecule has 1 aliphatic rings. The molecule has 0 bridgehead atoms. The highest BCUT2D eigenvalue weighted by molar-refractivity contribution is 9.10. The fraction of sp³-hybridized carbons (Fsp3) is 0.600. The summed E-state index contributed by atoms with van der Waals surface area (Å²) < 4.78 is 1.14. The Kier molecular flexibility index (Phi) is 5.25. The van der Waals surface area contributed by atoms with Crippen LogP contribution < -0.4 is 10.2 Å². The highest BCUT2D eigenvalue weighted by Crippen LogP contribution is 2.27. The minimum Gasteiger partial charge on any atom is -0.363 e. The van der Waals surface area contributed by atoms with Crippen molar-refractivity contribution in [3.8, 4) is 0 Å². The summed E-state index contributed by atoms with van der Waals surface area (Å²) in [6.45, 7) is 5.66. The van der Waals surface area contributed by atoms with Gasteiger partial charge in [0, 0.05) is 35.3 Å². The van der Waals surface area contributed by atoms with Gasteiger partial charge in [0.25, 0.3) is 0 Å². The van der Waals surface area contributed by atoms with Crippen LogP contribution in [-0.2, 0) is 0 Å². The van der Waals surface area contributed by atoms with Gasteiger partial charge in [-0.2, -0.15) is 0 Å². The maximum absolute atomic E-state index is 3.51. The molecule has 0 radical (unpaired) electrons. The molecular weight excluding hydrogens is 302 g/mol. The normalized spacial score (nSPS) is 24.7. The summed E-state index contributed by atoms with van der Waals surface area (Å²) in [5, 5.41) is 3.27. The van der Waals surface area contributed by atoms with Crippen LogP contribution in [0.1, 0.15) is 13.3 Å². The van der Waals surface area contributed by atoms with Crippen molar-refractivity contribution in [3.05, 3.63) is 28.7 Å². The van der Waals surface area contributed by atoms with E-state index in [0.717, 1.165) is 24.1 Å². The summed E-state index contributed by atoms with van der Waals surface area (Å²) in [5.74, 6) is 0. The van der Waals surface area contributed by atoms with Crippen LogP contribution in [0.15, 0.2) is 28.7 Å². The number of nitrogens with one attached hydrogen (secondary N) is 1. The summed E-state index contributed by atoms with van der Waals surface area (Å²) in [7, 11) is 4.25. The Hall–Kier alpha value is -0.580. The van der Waals surface area contributed by atoms with E-state index in [1.807, 2.05) is 7.05 Å². The monoisotopic (exact) mass is 325 g/mol. The topological polar surface area (TPSA) is 18.5 Å². The summed E-state index contributed by atoms with van der Waals surface area (Å²) in [6.07, 6.45) is 1.18. The molecule has 1 heterocycles. The van der Waals surface area contributed by atoms with Gasteiger partial charge in [0.1, 0.15) is 0 Å². The maximum atomic E-state index is 3.51. The van der Waals surface area contributed by atoms with Crippen molar-refractivity contribution in [2.75, 3.05) is 38.6 Å². The molecule has 1 N–H and O–H groups in total. The molecule has 1 aromatic rings. The Balaban J connectivity index is 2.19. The van der Waals surface area contributed by atoms with E-state index in [-0.39, 0.29) is 0 Å². The zero-order valence-corrected chi connectivity index (χ0v) is 13.7. The Morgan fingerprint density at radius 1 is 1.26 bits per heavy atom. The fourth-order valence-corrected chi connectivity index (χ4v) is 3.31. The highest BCUT2D eigenvalue weighted by atomic mass is 79.9. The van der Waals surface area contributed by atoms with Gasteiger partial charge in [0.2, 0.25) is 0 Å². The number of rotatable bonds is 4. The van der Waals surface area contributed by atoms with Crippen molar-refractivity contribution >= 4 is 21.6 Å². The van der Waals surface area contributed by atoms with E-state index in [2.05, 4.69) is 69.3 Å². The first-order valence-electron chi connectivity index (χ1n) is 6.99. The molecule has 0 amide bonds. The first-order chi connectivity index (χ1) is 9.11. The third-order valence-corrected chi connectivity index (χ3v) is 4.35. The largest absolute Gasteiger partial charge is 0.363 e. The first kappa shape index (κ1) is 14.8. The number of hydrogen-bond donors (Lipinski definition) is 1. The molecule has 0 spiro atoms. The number of halogens is 1.